The Kier molecular flexibility index (Phi) is 3.95. The summed E-state index contributed by atoms with van der Waals surface area (Å²) in [6, 6.07) is 8.93. The number of furan rings is 1. The molecule has 1 aromatic heterocycles. The van der Waals surface area contributed by atoms with E-state index in [0.717, 1.165) is 16.0 Å². The molecule has 100 valence electrons. The minimum atomic E-state index is -0.0896. The zero-order valence-corrected chi connectivity index (χ0v) is 12.4. The van der Waals surface area contributed by atoms with E-state index in [4.69, 9.17) is 10.2 Å². The number of nitrogens with zero attached hydrogens (tertiary/aromatic N) is 1. The molecule has 5 heteroatoms. The van der Waals surface area contributed by atoms with Crippen molar-refractivity contribution in [3.8, 4) is 0 Å². The number of nitrogen functional groups attached to an aromatic ring is 1. The second-order valence-corrected chi connectivity index (χ2v) is 5.26. The topological polar surface area (TPSA) is 59.5 Å². The Morgan fingerprint density at radius 2 is 2.11 bits per heavy atom. The van der Waals surface area contributed by atoms with Crippen LogP contribution in [0.5, 0.6) is 0 Å². The van der Waals surface area contributed by atoms with Crippen molar-refractivity contribution >= 4 is 27.5 Å². The maximum absolute atomic E-state index is 12.2. The molecule has 19 heavy (non-hydrogen) atoms. The maximum atomic E-state index is 12.2. The summed E-state index contributed by atoms with van der Waals surface area (Å²) in [5.41, 5.74) is 6.89. The molecule has 1 amide bonds. The normalized spacial score (nSPS) is 10.5. The highest BCUT2D eigenvalue weighted by Crippen LogP contribution is 2.21. The molecule has 0 aliphatic carbocycles. The predicted octanol–water partition coefficient (Wildman–Crippen LogP) is 3.20. The summed E-state index contributed by atoms with van der Waals surface area (Å²) in [4.78, 5) is 13.8. The van der Waals surface area contributed by atoms with Gasteiger partial charge in [-0.3, -0.25) is 4.79 Å². The Morgan fingerprint density at radius 1 is 1.37 bits per heavy atom. The van der Waals surface area contributed by atoms with E-state index in [1.807, 2.05) is 19.1 Å². The number of halogens is 1. The number of aryl methyl sites for hydroxylation is 1. The van der Waals surface area contributed by atoms with Crippen molar-refractivity contribution in [1.29, 1.82) is 0 Å². The van der Waals surface area contributed by atoms with E-state index in [-0.39, 0.29) is 5.91 Å². The first-order valence-corrected chi connectivity index (χ1v) is 6.62. The molecule has 0 saturated carbocycles. The lowest BCUT2D eigenvalue weighted by Crippen LogP contribution is -2.26. The third-order valence-corrected chi connectivity index (χ3v) is 3.50. The van der Waals surface area contributed by atoms with Gasteiger partial charge in [-0.15, -0.1) is 0 Å². The molecule has 0 unspecified atom stereocenters. The third-order valence-electron chi connectivity index (χ3n) is 2.78. The SMILES string of the molecule is Cc1ccc(CN(C)C(=O)c2ccc(Br)c(N)c2)o1. The summed E-state index contributed by atoms with van der Waals surface area (Å²) < 4.78 is 6.24. The molecule has 0 aliphatic rings. The quantitative estimate of drug-likeness (QED) is 0.883. The number of rotatable bonds is 3. The van der Waals surface area contributed by atoms with Crippen LogP contribution in [0.2, 0.25) is 0 Å². The summed E-state index contributed by atoms with van der Waals surface area (Å²) >= 11 is 3.31. The molecule has 1 heterocycles. The molecule has 0 atom stereocenters. The van der Waals surface area contributed by atoms with Crippen LogP contribution in [-0.2, 0) is 6.54 Å². The monoisotopic (exact) mass is 322 g/mol. The molecule has 0 fully saturated rings. The van der Waals surface area contributed by atoms with Crippen molar-refractivity contribution in [3.05, 3.63) is 51.9 Å². The Labute approximate surface area is 120 Å². The van der Waals surface area contributed by atoms with Gasteiger partial charge in [0.15, 0.2) is 0 Å². The fourth-order valence-corrected chi connectivity index (χ4v) is 2.02. The Morgan fingerprint density at radius 3 is 2.68 bits per heavy atom. The van der Waals surface area contributed by atoms with E-state index in [1.165, 1.54) is 0 Å². The minimum absolute atomic E-state index is 0.0896. The van der Waals surface area contributed by atoms with Crippen molar-refractivity contribution < 1.29 is 9.21 Å². The van der Waals surface area contributed by atoms with Gasteiger partial charge in [0.25, 0.3) is 5.91 Å². The van der Waals surface area contributed by atoms with E-state index in [1.54, 1.807) is 30.1 Å². The second-order valence-electron chi connectivity index (χ2n) is 4.41. The van der Waals surface area contributed by atoms with E-state index in [9.17, 15) is 4.79 Å². The van der Waals surface area contributed by atoms with Crippen molar-refractivity contribution in [1.82, 2.24) is 4.90 Å². The lowest BCUT2D eigenvalue weighted by atomic mass is 10.2. The van der Waals surface area contributed by atoms with Gasteiger partial charge in [-0.2, -0.15) is 0 Å². The van der Waals surface area contributed by atoms with Gasteiger partial charge in [-0.05, 0) is 53.2 Å². The predicted molar refractivity (Wildman–Crippen MR) is 77.8 cm³/mol. The fourth-order valence-electron chi connectivity index (χ4n) is 1.77. The molecule has 2 rings (SSSR count). The van der Waals surface area contributed by atoms with Crippen LogP contribution in [-0.4, -0.2) is 17.9 Å². The van der Waals surface area contributed by atoms with Crippen molar-refractivity contribution in [2.75, 3.05) is 12.8 Å². The van der Waals surface area contributed by atoms with Crippen LogP contribution >= 0.6 is 15.9 Å². The summed E-state index contributed by atoms with van der Waals surface area (Å²) in [5.74, 6) is 1.51. The standard InChI is InChI=1S/C14H15BrN2O2/c1-9-3-5-11(19-9)8-17(2)14(18)10-4-6-12(15)13(16)7-10/h3-7H,8,16H2,1-2H3. The van der Waals surface area contributed by atoms with E-state index in [0.29, 0.717) is 17.8 Å². The Balaban J connectivity index is 2.12. The van der Waals surface area contributed by atoms with Gasteiger partial charge in [0.1, 0.15) is 11.5 Å². The average Bonchev–Trinajstić information content (AvgIpc) is 2.77. The number of hydrogen-bond donors (Lipinski definition) is 1. The molecule has 0 aliphatic heterocycles. The number of hydrogen-bond acceptors (Lipinski definition) is 3. The Hall–Kier alpha value is -1.75. The lowest BCUT2D eigenvalue weighted by molar-refractivity contribution is 0.0775. The van der Waals surface area contributed by atoms with Gasteiger partial charge in [0, 0.05) is 22.8 Å². The summed E-state index contributed by atoms with van der Waals surface area (Å²) in [5, 5.41) is 0. The van der Waals surface area contributed by atoms with Gasteiger partial charge in [-0.25, -0.2) is 0 Å². The summed E-state index contributed by atoms with van der Waals surface area (Å²) in [7, 11) is 1.73. The van der Waals surface area contributed by atoms with Gasteiger partial charge in [0.2, 0.25) is 0 Å². The van der Waals surface area contributed by atoms with Crippen molar-refractivity contribution in [3.63, 3.8) is 0 Å². The number of nitrogens with two attached hydrogens (primary N) is 1. The van der Waals surface area contributed by atoms with Gasteiger partial charge in [0.05, 0.1) is 6.54 Å². The number of benzene rings is 1. The average molecular weight is 323 g/mol. The molecule has 0 spiro atoms. The van der Waals surface area contributed by atoms with Crippen molar-refractivity contribution in [2.45, 2.75) is 13.5 Å². The first-order valence-electron chi connectivity index (χ1n) is 5.83. The van der Waals surface area contributed by atoms with Crippen LogP contribution < -0.4 is 5.73 Å². The molecule has 4 nitrogen and oxygen atoms in total. The van der Waals surface area contributed by atoms with Gasteiger partial charge < -0.3 is 15.1 Å². The largest absolute Gasteiger partial charge is 0.464 e. The van der Waals surface area contributed by atoms with Crippen molar-refractivity contribution in [2.24, 2.45) is 0 Å². The first kappa shape index (κ1) is 13.7. The molecular weight excluding hydrogens is 308 g/mol. The van der Waals surface area contributed by atoms with Crippen LogP contribution in [0.1, 0.15) is 21.9 Å². The molecule has 2 aromatic rings. The molecule has 1 aromatic carbocycles. The zero-order chi connectivity index (χ0) is 14.0. The number of amides is 1. The molecule has 2 N–H and O–H groups in total. The minimum Gasteiger partial charge on any atom is -0.464 e. The van der Waals surface area contributed by atoms with Crippen LogP contribution in [0.3, 0.4) is 0 Å². The highest BCUT2D eigenvalue weighted by Gasteiger charge is 2.14. The van der Waals surface area contributed by atoms with Crippen LogP contribution in [0, 0.1) is 6.92 Å². The van der Waals surface area contributed by atoms with E-state index >= 15 is 0 Å². The molecular formula is C14H15BrN2O2. The fraction of sp³-hybridized carbons (Fsp3) is 0.214. The highest BCUT2D eigenvalue weighted by molar-refractivity contribution is 9.10. The van der Waals surface area contributed by atoms with Crippen LogP contribution in [0.4, 0.5) is 5.69 Å². The summed E-state index contributed by atoms with van der Waals surface area (Å²) in [6.45, 7) is 2.31. The van der Waals surface area contributed by atoms with E-state index < -0.39 is 0 Å². The van der Waals surface area contributed by atoms with Crippen LogP contribution in [0.15, 0.2) is 39.2 Å². The second kappa shape index (κ2) is 5.48. The van der Waals surface area contributed by atoms with E-state index in [2.05, 4.69) is 15.9 Å². The highest BCUT2D eigenvalue weighted by atomic mass is 79.9. The van der Waals surface area contributed by atoms with Gasteiger partial charge >= 0.3 is 0 Å². The van der Waals surface area contributed by atoms with Gasteiger partial charge in [-0.1, -0.05) is 0 Å². The summed E-state index contributed by atoms with van der Waals surface area (Å²) in [6.07, 6.45) is 0. The zero-order valence-electron chi connectivity index (χ0n) is 10.8. The first-order chi connectivity index (χ1) is 8.97. The number of anilines is 1. The smallest absolute Gasteiger partial charge is 0.254 e. The molecule has 0 radical (unpaired) electrons. The Bertz CT molecular complexity index is 607. The molecule has 0 saturated heterocycles. The maximum Gasteiger partial charge on any atom is 0.254 e. The lowest BCUT2D eigenvalue weighted by Gasteiger charge is -2.16. The third kappa shape index (κ3) is 3.17. The molecule has 0 bridgehead atoms. The van der Waals surface area contributed by atoms with Crippen LogP contribution in [0.25, 0.3) is 0 Å². The number of carbonyl (C=O) groups excluding carboxylic acids is 1. The number of carbonyl (C=O) groups is 1.